The van der Waals surface area contributed by atoms with Crippen LogP contribution in [0.5, 0.6) is 0 Å². The number of rotatable bonds is 9. The molecule has 1 saturated heterocycles. The van der Waals surface area contributed by atoms with Gasteiger partial charge < -0.3 is 14.6 Å². The Morgan fingerprint density at radius 1 is 1.21 bits per heavy atom. The molecule has 2 rings (SSSR count). The fourth-order valence-corrected chi connectivity index (χ4v) is 3.59. The second kappa shape index (κ2) is 10.3. The van der Waals surface area contributed by atoms with Gasteiger partial charge in [-0.05, 0) is 63.6 Å². The standard InChI is InChI=1S/C22H29N3O4/c1-15-13-16(2)20(21(26)27)17(14-15)9-8-11-19-18(28-22(3,4)29-19)10-6-5-7-12-24-25-23/h5-6,8-9,13-14,18-19H,7,10-12H2,1-4H3,(H,26,27)/b6-5-,9-8+/t18-,19?/m1/s1. The van der Waals surface area contributed by atoms with E-state index in [-0.39, 0.29) is 12.2 Å². The zero-order valence-corrected chi connectivity index (χ0v) is 17.5. The van der Waals surface area contributed by atoms with E-state index in [1.54, 1.807) is 0 Å². The van der Waals surface area contributed by atoms with E-state index in [0.717, 1.165) is 11.1 Å². The van der Waals surface area contributed by atoms with Crippen LogP contribution in [0.4, 0.5) is 0 Å². The largest absolute Gasteiger partial charge is 0.478 e. The lowest BCUT2D eigenvalue weighted by atomic mass is 9.98. The predicted octanol–water partition coefficient (Wildman–Crippen LogP) is 5.57. The Labute approximate surface area is 171 Å². The number of nitrogens with zero attached hydrogens (tertiary/aromatic N) is 3. The summed E-state index contributed by atoms with van der Waals surface area (Å²) in [5, 5.41) is 13.0. The number of carboxylic acid groups (broad SMARTS) is 1. The van der Waals surface area contributed by atoms with Crippen LogP contribution in [0.2, 0.25) is 0 Å². The number of carbonyl (C=O) groups is 1. The van der Waals surface area contributed by atoms with E-state index < -0.39 is 11.8 Å². The van der Waals surface area contributed by atoms with Crippen LogP contribution < -0.4 is 0 Å². The van der Waals surface area contributed by atoms with E-state index >= 15 is 0 Å². The van der Waals surface area contributed by atoms with Gasteiger partial charge in [-0.25, -0.2) is 4.79 Å². The third-order valence-electron chi connectivity index (χ3n) is 4.67. The first-order valence-electron chi connectivity index (χ1n) is 9.76. The third-order valence-corrected chi connectivity index (χ3v) is 4.67. The number of ether oxygens (including phenoxy) is 2. The quantitative estimate of drug-likeness (QED) is 0.193. The summed E-state index contributed by atoms with van der Waals surface area (Å²) in [4.78, 5) is 14.3. The van der Waals surface area contributed by atoms with Crippen molar-refractivity contribution in [3.63, 3.8) is 0 Å². The van der Waals surface area contributed by atoms with E-state index in [2.05, 4.69) is 10.0 Å². The first kappa shape index (κ1) is 22.7. The van der Waals surface area contributed by atoms with Crippen molar-refractivity contribution in [2.75, 3.05) is 6.54 Å². The minimum Gasteiger partial charge on any atom is -0.478 e. The molecule has 1 aliphatic rings. The van der Waals surface area contributed by atoms with Gasteiger partial charge in [0, 0.05) is 11.5 Å². The first-order chi connectivity index (χ1) is 13.7. The fraction of sp³-hybridized carbons (Fsp3) is 0.500. The van der Waals surface area contributed by atoms with Gasteiger partial charge in [-0.3, -0.25) is 0 Å². The molecular formula is C22H29N3O4. The smallest absolute Gasteiger partial charge is 0.336 e. The molecule has 7 heteroatoms. The van der Waals surface area contributed by atoms with Crippen molar-refractivity contribution < 1.29 is 19.4 Å². The van der Waals surface area contributed by atoms with Crippen LogP contribution in [0.15, 0.2) is 35.5 Å². The van der Waals surface area contributed by atoms with E-state index in [4.69, 9.17) is 15.0 Å². The van der Waals surface area contributed by atoms with Crippen LogP contribution in [0, 0.1) is 13.8 Å². The number of benzene rings is 1. The maximum Gasteiger partial charge on any atom is 0.336 e. The van der Waals surface area contributed by atoms with Crippen LogP contribution in [0.1, 0.15) is 60.2 Å². The van der Waals surface area contributed by atoms with Gasteiger partial charge in [0.15, 0.2) is 5.79 Å². The summed E-state index contributed by atoms with van der Waals surface area (Å²) < 4.78 is 12.0. The first-order valence-corrected chi connectivity index (χ1v) is 9.76. The van der Waals surface area contributed by atoms with Gasteiger partial charge in [-0.1, -0.05) is 47.1 Å². The lowest BCUT2D eigenvalue weighted by molar-refractivity contribution is -0.145. The van der Waals surface area contributed by atoms with E-state index in [9.17, 15) is 9.90 Å². The number of azide groups is 1. The highest BCUT2D eigenvalue weighted by molar-refractivity contribution is 5.94. The average molecular weight is 399 g/mol. The van der Waals surface area contributed by atoms with Gasteiger partial charge in [-0.2, -0.15) is 0 Å². The molecule has 1 heterocycles. The van der Waals surface area contributed by atoms with E-state index in [1.165, 1.54) is 0 Å². The Hall–Kier alpha value is -2.60. The molecule has 0 spiro atoms. The molecule has 0 bridgehead atoms. The normalized spacial score (nSPS) is 21.0. The molecule has 1 aliphatic heterocycles. The van der Waals surface area contributed by atoms with Gasteiger partial charge in [-0.15, -0.1) is 0 Å². The molecule has 0 aromatic heterocycles. The second-order valence-corrected chi connectivity index (χ2v) is 7.65. The molecule has 0 amide bonds. The van der Waals surface area contributed by atoms with Crippen molar-refractivity contribution in [2.24, 2.45) is 5.11 Å². The van der Waals surface area contributed by atoms with Crippen molar-refractivity contribution >= 4 is 12.0 Å². The highest BCUT2D eigenvalue weighted by Crippen LogP contribution is 2.32. The molecule has 29 heavy (non-hydrogen) atoms. The number of carboxylic acids is 1. The van der Waals surface area contributed by atoms with Crippen molar-refractivity contribution in [1.82, 2.24) is 0 Å². The van der Waals surface area contributed by atoms with Gasteiger partial charge in [0.1, 0.15) is 0 Å². The molecule has 1 fully saturated rings. The molecule has 0 radical (unpaired) electrons. The monoisotopic (exact) mass is 399 g/mol. The SMILES string of the molecule is Cc1cc(C)c(C(=O)O)c(/C=C/CC2OC(C)(C)O[C@@H]2C/C=C\CCN=[N+]=[N-])c1. The van der Waals surface area contributed by atoms with Crippen LogP contribution >= 0.6 is 0 Å². The summed E-state index contributed by atoms with van der Waals surface area (Å²) in [5.74, 6) is -1.58. The number of aryl methyl sites for hydroxylation is 2. The molecule has 1 unspecified atom stereocenters. The topological polar surface area (TPSA) is 105 Å². The number of hydrogen-bond donors (Lipinski definition) is 1. The molecule has 1 N–H and O–H groups in total. The fourth-order valence-electron chi connectivity index (χ4n) is 3.59. The molecule has 0 saturated carbocycles. The van der Waals surface area contributed by atoms with Crippen LogP contribution in [0.3, 0.4) is 0 Å². The Kier molecular flexibility index (Phi) is 8.02. The molecular weight excluding hydrogens is 370 g/mol. The van der Waals surface area contributed by atoms with Crippen molar-refractivity contribution in [2.45, 2.75) is 65.0 Å². The summed E-state index contributed by atoms with van der Waals surface area (Å²) in [7, 11) is 0. The van der Waals surface area contributed by atoms with Crippen LogP contribution in [-0.2, 0) is 9.47 Å². The Morgan fingerprint density at radius 3 is 2.48 bits per heavy atom. The van der Waals surface area contributed by atoms with Gasteiger partial charge in [0.2, 0.25) is 0 Å². The number of hydrogen-bond acceptors (Lipinski definition) is 4. The maximum absolute atomic E-state index is 11.6. The van der Waals surface area contributed by atoms with Crippen molar-refractivity contribution in [1.29, 1.82) is 0 Å². The van der Waals surface area contributed by atoms with E-state index in [1.807, 2.05) is 64.1 Å². The molecule has 156 valence electrons. The van der Waals surface area contributed by atoms with Crippen molar-refractivity contribution in [3.8, 4) is 0 Å². The van der Waals surface area contributed by atoms with Crippen LogP contribution in [0.25, 0.3) is 16.5 Å². The maximum atomic E-state index is 11.6. The zero-order chi connectivity index (χ0) is 21.4. The Balaban J connectivity index is 2.05. The molecule has 1 aromatic carbocycles. The summed E-state index contributed by atoms with van der Waals surface area (Å²) in [6, 6.07) is 3.76. The lowest BCUT2D eigenvalue weighted by Gasteiger charge is -2.16. The van der Waals surface area contributed by atoms with Crippen LogP contribution in [-0.4, -0.2) is 35.6 Å². The van der Waals surface area contributed by atoms with Gasteiger partial charge in [0.05, 0.1) is 17.8 Å². The lowest BCUT2D eigenvalue weighted by Crippen LogP contribution is -2.21. The average Bonchev–Trinajstić information content (AvgIpc) is 2.90. The highest BCUT2D eigenvalue weighted by atomic mass is 16.7. The summed E-state index contributed by atoms with van der Waals surface area (Å²) in [6.45, 7) is 7.99. The van der Waals surface area contributed by atoms with E-state index in [0.29, 0.717) is 36.9 Å². The van der Waals surface area contributed by atoms with Gasteiger partial charge >= 0.3 is 5.97 Å². The Bertz CT molecular complexity index is 839. The minimum atomic E-state index is -0.924. The molecule has 1 aromatic rings. The molecule has 0 aliphatic carbocycles. The summed E-state index contributed by atoms with van der Waals surface area (Å²) in [5.41, 5.74) is 11.1. The van der Waals surface area contributed by atoms with Gasteiger partial charge in [0.25, 0.3) is 0 Å². The molecule has 7 nitrogen and oxygen atoms in total. The second-order valence-electron chi connectivity index (χ2n) is 7.65. The van der Waals surface area contributed by atoms with Crippen molar-refractivity contribution in [3.05, 3.63) is 63.1 Å². The summed E-state index contributed by atoms with van der Waals surface area (Å²) >= 11 is 0. The summed E-state index contributed by atoms with van der Waals surface area (Å²) in [6.07, 6.45) is 9.59. The predicted molar refractivity (Wildman–Crippen MR) is 113 cm³/mol. The minimum absolute atomic E-state index is 0.0939. The highest BCUT2D eigenvalue weighted by Gasteiger charge is 2.39. The molecule has 2 atom stereocenters. The third kappa shape index (κ3) is 6.75. The Morgan fingerprint density at radius 2 is 1.86 bits per heavy atom. The number of aromatic carboxylic acids is 1. The zero-order valence-electron chi connectivity index (χ0n) is 17.5.